The summed E-state index contributed by atoms with van der Waals surface area (Å²) in [6.45, 7) is 6.22. The van der Waals surface area contributed by atoms with Crippen molar-refractivity contribution in [3.63, 3.8) is 0 Å². The number of fused-ring (bicyclic) bond motifs is 2. The van der Waals surface area contributed by atoms with Gasteiger partial charge in [-0.1, -0.05) is 13.8 Å². The van der Waals surface area contributed by atoms with Gasteiger partial charge in [-0.2, -0.15) is 0 Å². The molecular weight excluding hydrogens is 260 g/mol. The zero-order valence-electron chi connectivity index (χ0n) is 12.4. The fourth-order valence-corrected chi connectivity index (χ4v) is 4.89. The van der Waals surface area contributed by atoms with Crippen LogP contribution in [-0.4, -0.2) is 29.1 Å². The lowest BCUT2D eigenvalue weighted by Crippen LogP contribution is -2.70. The summed E-state index contributed by atoms with van der Waals surface area (Å²) < 4.78 is 11.9. The van der Waals surface area contributed by atoms with Crippen LogP contribution in [0.2, 0.25) is 0 Å². The van der Waals surface area contributed by atoms with Crippen molar-refractivity contribution >= 4 is 0 Å². The van der Waals surface area contributed by atoms with Crippen LogP contribution in [0.25, 0.3) is 0 Å². The van der Waals surface area contributed by atoms with E-state index in [1.807, 2.05) is 13.8 Å². The number of aliphatic hydroxyl groups is 1. The van der Waals surface area contributed by atoms with Crippen LogP contribution in [0.3, 0.4) is 0 Å². The van der Waals surface area contributed by atoms with Gasteiger partial charge >= 0.3 is 0 Å². The van der Waals surface area contributed by atoms with Gasteiger partial charge in [0.25, 0.3) is 0 Å². The molecule has 0 radical (unpaired) electrons. The van der Waals surface area contributed by atoms with Gasteiger partial charge in [-0.15, -0.1) is 0 Å². The van der Waals surface area contributed by atoms with E-state index >= 15 is 0 Å². The molecule has 114 valence electrons. The van der Waals surface area contributed by atoms with Gasteiger partial charge in [0, 0.05) is 18.3 Å². The molecule has 5 rings (SSSR count). The highest BCUT2D eigenvalue weighted by Crippen LogP contribution is 2.60. The van der Waals surface area contributed by atoms with Crippen LogP contribution in [0, 0.1) is 23.7 Å². The second-order valence-corrected chi connectivity index (χ2v) is 7.30. The molecular formula is C15H24O5. The standard InChI is InChI=1S/C15H24O5/c1-8-4-5-11-9(2)12(16)17-13-15(11)10(8)6-7-14(3,18-13)19-20-15/h8-13,16H,4-7H2,1-3H3/t8-,9-,10-,11-,12-,13-,14-,15-/m0/s1. The van der Waals surface area contributed by atoms with E-state index in [4.69, 9.17) is 19.2 Å². The zero-order chi connectivity index (χ0) is 14.1. The number of ether oxygens (including phenoxy) is 2. The lowest BCUT2D eigenvalue weighted by molar-refractivity contribution is -0.576. The van der Waals surface area contributed by atoms with E-state index in [1.54, 1.807) is 0 Å². The molecule has 5 fully saturated rings. The maximum Gasteiger partial charge on any atom is 0.201 e. The summed E-state index contributed by atoms with van der Waals surface area (Å²) in [4.78, 5) is 11.6. The largest absolute Gasteiger partial charge is 0.368 e. The van der Waals surface area contributed by atoms with Crippen molar-refractivity contribution in [3.05, 3.63) is 0 Å². The SMILES string of the molecule is C[C@@H]1[C@@H](O)O[C@H]2O[C@]3(C)CC[C@H]4[C@@H](C)CC[C@@H]1[C@]24OO3. The van der Waals surface area contributed by atoms with Crippen LogP contribution in [0.15, 0.2) is 0 Å². The molecule has 1 spiro atoms. The minimum atomic E-state index is -0.781. The molecule has 1 aliphatic carbocycles. The first-order valence-corrected chi connectivity index (χ1v) is 7.84. The molecule has 5 aliphatic rings. The van der Waals surface area contributed by atoms with E-state index in [-0.39, 0.29) is 11.8 Å². The first-order chi connectivity index (χ1) is 9.46. The Kier molecular flexibility index (Phi) is 2.81. The van der Waals surface area contributed by atoms with Crippen LogP contribution in [0.1, 0.15) is 46.5 Å². The number of hydrogen-bond donors (Lipinski definition) is 1. The van der Waals surface area contributed by atoms with Crippen molar-refractivity contribution in [2.24, 2.45) is 23.7 Å². The molecule has 2 bridgehead atoms. The van der Waals surface area contributed by atoms with E-state index in [1.165, 1.54) is 6.42 Å². The molecule has 0 aromatic heterocycles. The normalized spacial score (nSPS) is 61.8. The van der Waals surface area contributed by atoms with Crippen molar-refractivity contribution in [3.8, 4) is 0 Å². The van der Waals surface area contributed by atoms with Gasteiger partial charge in [0.2, 0.25) is 5.79 Å². The second-order valence-electron chi connectivity index (χ2n) is 7.30. The summed E-state index contributed by atoms with van der Waals surface area (Å²) in [5.41, 5.74) is -0.549. The molecule has 5 heteroatoms. The lowest BCUT2D eigenvalue weighted by Gasteiger charge is -2.59. The first kappa shape index (κ1) is 13.5. The van der Waals surface area contributed by atoms with E-state index in [0.29, 0.717) is 11.8 Å². The van der Waals surface area contributed by atoms with Gasteiger partial charge in [0.05, 0.1) is 0 Å². The summed E-state index contributed by atoms with van der Waals surface area (Å²) >= 11 is 0. The van der Waals surface area contributed by atoms with Gasteiger partial charge in [-0.3, -0.25) is 0 Å². The van der Waals surface area contributed by atoms with Gasteiger partial charge in [-0.05, 0) is 38.0 Å². The third-order valence-corrected chi connectivity index (χ3v) is 6.12. The number of aliphatic hydroxyl groups excluding tert-OH is 1. The summed E-state index contributed by atoms with van der Waals surface area (Å²) in [5, 5.41) is 10.2. The van der Waals surface area contributed by atoms with Gasteiger partial charge in [0.1, 0.15) is 0 Å². The number of rotatable bonds is 0. The molecule has 8 atom stereocenters. The zero-order valence-corrected chi connectivity index (χ0v) is 12.4. The molecule has 4 saturated heterocycles. The number of hydrogen-bond acceptors (Lipinski definition) is 5. The third-order valence-electron chi connectivity index (χ3n) is 6.12. The van der Waals surface area contributed by atoms with Crippen molar-refractivity contribution in [2.45, 2.75) is 70.4 Å². The average Bonchev–Trinajstić information content (AvgIpc) is 2.63. The lowest BCUT2D eigenvalue weighted by atomic mass is 9.58. The van der Waals surface area contributed by atoms with E-state index < -0.39 is 24.0 Å². The smallest absolute Gasteiger partial charge is 0.201 e. The highest BCUT2D eigenvalue weighted by atomic mass is 17.3. The van der Waals surface area contributed by atoms with Crippen molar-refractivity contribution in [1.82, 2.24) is 0 Å². The highest BCUT2D eigenvalue weighted by molar-refractivity contribution is 5.08. The minimum Gasteiger partial charge on any atom is -0.368 e. The van der Waals surface area contributed by atoms with Crippen molar-refractivity contribution < 1.29 is 24.4 Å². The fraction of sp³-hybridized carbons (Fsp3) is 1.00. The average molecular weight is 284 g/mol. The van der Waals surface area contributed by atoms with Crippen LogP contribution < -0.4 is 0 Å². The Hall–Kier alpha value is -0.200. The van der Waals surface area contributed by atoms with Crippen molar-refractivity contribution in [1.29, 1.82) is 0 Å². The quantitative estimate of drug-likeness (QED) is 0.691. The summed E-state index contributed by atoms with van der Waals surface area (Å²) in [5.74, 6) is 0.437. The molecule has 0 aromatic carbocycles. The Morgan fingerprint density at radius 3 is 2.65 bits per heavy atom. The first-order valence-electron chi connectivity index (χ1n) is 7.84. The molecule has 1 saturated carbocycles. The van der Waals surface area contributed by atoms with Crippen LogP contribution in [0.4, 0.5) is 0 Å². The summed E-state index contributed by atoms with van der Waals surface area (Å²) in [6, 6.07) is 0. The van der Waals surface area contributed by atoms with E-state index in [2.05, 4.69) is 6.92 Å². The highest BCUT2D eigenvalue weighted by Gasteiger charge is 2.69. The van der Waals surface area contributed by atoms with Crippen LogP contribution >= 0.6 is 0 Å². The molecule has 1 N–H and O–H groups in total. The molecule has 0 amide bonds. The second kappa shape index (κ2) is 4.17. The molecule has 5 nitrogen and oxygen atoms in total. The van der Waals surface area contributed by atoms with E-state index in [0.717, 1.165) is 19.3 Å². The van der Waals surface area contributed by atoms with Gasteiger partial charge in [0.15, 0.2) is 18.2 Å². The maximum absolute atomic E-state index is 10.2. The Bertz CT molecular complexity index is 411. The summed E-state index contributed by atoms with van der Waals surface area (Å²) in [7, 11) is 0. The molecule has 0 unspecified atom stereocenters. The predicted molar refractivity (Wildman–Crippen MR) is 69.0 cm³/mol. The fourth-order valence-electron chi connectivity index (χ4n) is 4.89. The molecule has 20 heavy (non-hydrogen) atoms. The molecule has 4 heterocycles. The van der Waals surface area contributed by atoms with Gasteiger partial charge in [-0.25, -0.2) is 9.78 Å². The monoisotopic (exact) mass is 284 g/mol. The summed E-state index contributed by atoms with van der Waals surface area (Å²) in [6.07, 6.45) is 2.72. The van der Waals surface area contributed by atoms with Crippen LogP contribution in [0.5, 0.6) is 0 Å². The van der Waals surface area contributed by atoms with Gasteiger partial charge < -0.3 is 14.6 Å². The molecule has 0 aromatic rings. The Morgan fingerprint density at radius 2 is 1.85 bits per heavy atom. The van der Waals surface area contributed by atoms with Crippen LogP contribution in [-0.2, 0) is 19.2 Å². The molecule has 4 aliphatic heterocycles. The Morgan fingerprint density at radius 1 is 1.05 bits per heavy atom. The van der Waals surface area contributed by atoms with E-state index in [9.17, 15) is 5.11 Å². The topological polar surface area (TPSA) is 57.2 Å². The Balaban J connectivity index is 1.82. The predicted octanol–water partition coefficient (Wildman–Crippen LogP) is 2.19. The third kappa shape index (κ3) is 1.56. The Labute approximate surface area is 119 Å². The minimum absolute atomic E-state index is 0.0379. The maximum atomic E-state index is 10.2. The van der Waals surface area contributed by atoms with Crippen molar-refractivity contribution in [2.75, 3.05) is 0 Å².